The van der Waals surface area contributed by atoms with Gasteiger partial charge in [-0.2, -0.15) is 16.8 Å². The molecule has 0 aromatic heterocycles. The van der Waals surface area contributed by atoms with Gasteiger partial charge in [-0.3, -0.25) is 9.11 Å². The number of hydrogen-bond donors (Lipinski definition) is 3. The van der Waals surface area contributed by atoms with Gasteiger partial charge in [0.25, 0.3) is 20.2 Å². The zero-order valence-corrected chi connectivity index (χ0v) is 18.5. The van der Waals surface area contributed by atoms with Gasteiger partial charge in [-0.05, 0) is 56.7 Å². The zero-order chi connectivity index (χ0) is 22.9. The molecule has 7 nitrogen and oxygen atoms in total. The first kappa shape index (κ1) is 25.3. The lowest BCUT2D eigenvalue weighted by Gasteiger charge is -1.95. The molecule has 3 rings (SSSR count). The van der Waals surface area contributed by atoms with E-state index in [4.69, 9.17) is 14.8 Å². The van der Waals surface area contributed by atoms with Crippen molar-refractivity contribution in [3.63, 3.8) is 0 Å². The minimum absolute atomic E-state index is 0.0666. The maximum atomic E-state index is 10.5. The van der Waals surface area contributed by atoms with Crippen LogP contribution in [0.2, 0.25) is 0 Å². The van der Waals surface area contributed by atoms with E-state index in [1.165, 1.54) is 24.3 Å². The first-order chi connectivity index (χ1) is 13.8. The fourth-order valence-electron chi connectivity index (χ4n) is 2.01. The predicted molar refractivity (Wildman–Crippen MR) is 118 cm³/mol. The average molecular weight is 452 g/mol. The topological polar surface area (TPSA) is 135 Å². The van der Waals surface area contributed by atoms with Crippen LogP contribution < -0.4 is 5.73 Å². The van der Waals surface area contributed by atoms with Crippen LogP contribution in [0.3, 0.4) is 0 Å². The van der Waals surface area contributed by atoms with Crippen molar-refractivity contribution in [3.8, 4) is 0 Å². The first-order valence-electron chi connectivity index (χ1n) is 8.70. The molecule has 0 radical (unpaired) electrons. The lowest BCUT2D eigenvalue weighted by Crippen LogP contribution is -1.96. The fraction of sp³-hybridized carbons (Fsp3) is 0.143. The van der Waals surface area contributed by atoms with Gasteiger partial charge in [-0.1, -0.05) is 53.6 Å². The molecule has 30 heavy (non-hydrogen) atoms. The second-order valence-electron chi connectivity index (χ2n) is 6.43. The second kappa shape index (κ2) is 10.9. The van der Waals surface area contributed by atoms with Crippen LogP contribution in [-0.2, 0) is 20.2 Å². The Morgan fingerprint density at radius 1 is 0.600 bits per heavy atom. The Labute approximate surface area is 177 Å². The summed E-state index contributed by atoms with van der Waals surface area (Å²) in [6.07, 6.45) is 0. The summed E-state index contributed by atoms with van der Waals surface area (Å²) < 4.78 is 59.1. The molecule has 0 aliphatic heterocycles. The van der Waals surface area contributed by atoms with Crippen LogP contribution in [0.1, 0.15) is 16.7 Å². The maximum Gasteiger partial charge on any atom is 0.294 e. The molecular formula is C21H25NO6S2. The van der Waals surface area contributed by atoms with E-state index in [0.29, 0.717) is 0 Å². The normalized spacial score (nSPS) is 10.8. The summed E-state index contributed by atoms with van der Waals surface area (Å²) in [5.41, 5.74) is 9.45. The van der Waals surface area contributed by atoms with Gasteiger partial charge < -0.3 is 5.73 Å². The molecule has 0 heterocycles. The van der Waals surface area contributed by atoms with Crippen molar-refractivity contribution in [1.82, 2.24) is 0 Å². The Balaban J connectivity index is 0.000000228. The van der Waals surface area contributed by atoms with Gasteiger partial charge >= 0.3 is 0 Å². The third kappa shape index (κ3) is 9.19. The number of rotatable bonds is 2. The van der Waals surface area contributed by atoms with Gasteiger partial charge in [0, 0.05) is 5.69 Å². The Bertz CT molecular complexity index is 1060. The molecule has 162 valence electrons. The van der Waals surface area contributed by atoms with Gasteiger partial charge in [0.1, 0.15) is 0 Å². The third-order valence-electron chi connectivity index (χ3n) is 3.83. The Morgan fingerprint density at radius 2 is 0.933 bits per heavy atom. The van der Waals surface area contributed by atoms with Gasteiger partial charge in [-0.25, -0.2) is 0 Å². The van der Waals surface area contributed by atoms with Crippen molar-refractivity contribution >= 4 is 25.9 Å². The summed E-state index contributed by atoms with van der Waals surface area (Å²) in [7, 11) is -8.04. The van der Waals surface area contributed by atoms with Gasteiger partial charge in [0.2, 0.25) is 0 Å². The number of aryl methyl sites for hydroxylation is 3. The van der Waals surface area contributed by atoms with E-state index in [-0.39, 0.29) is 9.79 Å². The monoisotopic (exact) mass is 451 g/mol. The number of nitrogen functional groups attached to an aromatic ring is 1. The van der Waals surface area contributed by atoms with Crippen LogP contribution in [-0.4, -0.2) is 25.9 Å². The molecule has 0 fully saturated rings. The van der Waals surface area contributed by atoms with Crippen LogP contribution in [0.5, 0.6) is 0 Å². The van der Waals surface area contributed by atoms with Crippen molar-refractivity contribution in [2.24, 2.45) is 0 Å². The van der Waals surface area contributed by atoms with Crippen LogP contribution in [0.15, 0.2) is 82.6 Å². The highest BCUT2D eigenvalue weighted by molar-refractivity contribution is 7.86. The van der Waals surface area contributed by atoms with E-state index in [1.54, 1.807) is 24.3 Å². The smallest absolute Gasteiger partial charge is 0.294 e. The zero-order valence-electron chi connectivity index (χ0n) is 16.8. The van der Waals surface area contributed by atoms with E-state index >= 15 is 0 Å². The van der Waals surface area contributed by atoms with Crippen molar-refractivity contribution in [3.05, 3.63) is 89.5 Å². The molecule has 4 N–H and O–H groups in total. The molecule has 0 saturated carbocycles. The molecule has 0 aliphatic carbocycles. The molecule has 0 saturated heterocycles. The van der Waals surface area contributed by atoms with Crippen LogP contribution in [0.4, 0.5) is 5.69 Å². The van der Waals surface area contributed by atoms with Crippen molar-refractivity contribution < 1.29 is 25.9 Å². The molecule has 3 aromatic rings. The average Bonchev–Trinajstić information content (AvgIpc) is 2.64. The highest BCUT2D eigenvalue weighted by Crippen LogP contribution is 2.09. The number of anilines is 1. The van der Waals surface area contributed by atoms with Gasteiger partial charge in [0.15, 0.2) is 0 Å². The van der Waals surface area contributed by atoms with Crippen LogP contribution >= 0.6 is 0 Å². The number of benzene rings is 3. The quantitative estimate of drug-likeness (QED) is 0.395. The van der Waals surface area contributed by atoms with Gasteiger partial charge in [-0.15, -0.1) is 0 Å². The summed E-state index contributed by atoms with van der Waals surface area (Å²) in [5.74, 6) is 0. The Kier molecular flexibility index (Phi) is 9.19. The third-order valence-corrected chi connectivity index (χ3v) is 5.56. The Morgan fingerprint density at radius 3 is 1.17 bits per heavy atom. The predicted octanol–water partition coefficient (Wildman–Crippen LogP) is 4.06. The summed E-state index contributed by atoms with van der Waals surface area (Å²) in [6.45, 7) is 5.68. The van der Waals surface area contributed by atoms with Crippen molar-refractivity contribution in [1.29, 1.82) is 0 Å². The first-order valence-corrected chi connectivity index (χ1v) is 11.6. The van der Waals surface area contributed by atoms with E-state index in [2.05, 4.69) is 0 Å². The SMILES string of the molecule is Cc1ccc(S(=O)(=O)O)cc1.Cc1ccc(S(=O)(=O)O)cc1.Cc1ccccc1N. The van der Waals surface area contributed by atoms with E-state index in [0.717, 1.165) is 22.4 Å². The molecule has 0 spiro atoms. The molecule has 0 amide bonds. The number of nitrogens with two attached hydrogens (primary N) is 1. The standard InChI is InChI=1S/C7H9N.2C7H8O3S/c1-6-4-2-3-5-7(6)8;2*1-6-2-4-7(5-3-6)11(8,9)10/h2-5H,8H2,1H3;2*2-5H,1H3,(H,8,9,10). The highest BCUT2D eigenvalue weighted by Gasteiger charge is 2.07. The lowest BCUT2D eigenvalue weighted by atomic mass is 10.2. The summed E-state index contributed by atoms with van der Waals surface area (Å²) in [5, 5.41) is 0. The van der Waals surface area contributed by atoms with Crippen molar-refractivity contribution in [2.75, 3.05) is 5.73 Å². The minimum atomic E-state index is -4.02. The molecular weight excluding hydrogens is 426 g/mol. The van der Waals surface area contributed by atoms with E-state index in [1.807, 2.05) is 45.0 Å². The van der Waals surface area contributed by atoms with Crippen molar-refractivity contribution in [2.45, 2.75) is 30.6 Å². The second-order valence-corrected chi connectivity index (χ2v) is 9.28. The summed E-state index contributed by atoms with van der Waals surface area (Å²) >= 11 is 0. The Hall–Kier alpha value is -2.72. The van der Waals surface area contributed by atoms with E-state index < -0.39 is 20.2 Å². The molecule has 0 unspecified atom stereocenters. The number of hydrogen-bond acceptors (Lipinski definition) is 5. The van der Waals surface area contributed by atoms with E-state index in [9.17, 15) is 16.8 Å². The minimum Gasteiger partial charge on any atom is -0.399 e. The highest BCUT2D eigenvalue weighted by atomic mass is 32.2. The molecule has 9 heteroatoms. The summed E-state index contributed by atoms with van der Waals surface area (Å²) in [4.78, 5) is -0.133. The van der Waals surface area contributed by atoms with Crippen LogP contribution in [0.25, 0.3) is 0 Å². The fourth-order valence-corrected chi connectivity index (χ4v) is 2.97. The van der Waals surface area contributed by atoms with Crippen LogP contribution in [0, 0.1) is 20.8 Å². The molecule has 3 aromatic carbocycles. The lowest BCUT2D eigenvalue weighted by molar-refractivity contribution is 0.481. The molecule has 0 bridgehead atoms. The maximum absolute atomic E-state index is 10.5. The molecule has 0 atom stereocenters. The number of para-hydroxylation sites is 1. The molecule has 0 aliphatic rings. The largest absolute Gasteiger partial charge is 0.399 e. The summed E-state index contributed by atoms with van der Waals surface area (Å²) in [6, 6.07) is 19.8. The van der Waals surface area contributed by atoms with Gasteiger partial charge in [0.05, 0.1) is 9.79 Å².